The minimum atomic E-state index is -0.252. The van der Waals surface area contributed by atoms with Crippen LogP contribution in [-0.4, -0.2) is 22.8 Å². The largest absolute Gasteiger partial charge is 0.481 e. The topological polar surface area (TPSA) is 56.1 Å². The van der Waals surface area contributed by atoms with Gasteiger partial charge in [0.05, 0.1) is 12.8 Å². The minimum absolute atomic E-state index is 0.252. The highest BCUT2D eigenvalue weighted by Gasteiger charge is 2.14. The maximum Gasteiger partial charge on any atom is 0.276 e. The number of anilines is 1. The third-order valence-electron chi connectivity index (χ3n) is 2.40. The van der Waals surface area contributed by atoms with Crippen molar-refractivity contribution in [3.63, 3.8) is 0 Å². The molecule has 0 spiro atoms. The number of halogens is 1. The van der Waals surface area contributed by atoms with E-state index in [2.05, 4.69) is 33.0 Å². The van der Waals surface area contributed by atoms with Gasteiger partial charge in [-0.3, -0.25) is 4.79 Å². The molecule has 2 rings (SSSR count). The van der Waals surface area contributed by atoms with E-state index in [0.717, 1.165) is 9.26 Å². The predicted octanol–water partition coefficient (Wildman–Crippen LogP) is 2.29. The van der Waals surface area contributed by atoms with Gasteiger partial charge in [0.2, 0.25) is 5.88 Å². The average Bonchev–Trinajstić information content (AvgIpc) is 2.73. The number of rotatable bonds is 3. The zero-order valence-corrected chi connectivity index (χ0v) is 12.1. The van der Waals surface area contributed by atoms with Crippen molar-refractivity contribution < 1.29 is 9.53 Å². The van der Waals surface area contributed by atoms with E-state index in [1.54, 1.807) is 20.2 Å². The van der Waals surface area contributed by atoms with Crippen LogP contribution >= 0.6 is 22.6 Å². The third-order valence-corrected chi connectivity index (χ3v) is 3.34. The number of benzene rings is 1. The molecule has 94 valence electrons. The summed E-state index contributed by atoms with van der Waals surface area (Å²) in [5, 5.41) is 6.90. The Morgan fingerprint density at radius 1 is 1.44 bits per heavy atom. The number of nitrogens with zero attached hydrogens (tertiary/aromatic N) is 2. The molecule has 2 aromatic rings. The molecule has 0 aliphatic heterocycles. The van der Waals surface area contributed by atoms with Gasteiger partial charge < -0.3 is 10.1 Å². The normalized spacial score (nSPS) is 10.2. The summed E-state index contributed by atoms with van der Waals surface area (Å²) < 4.78 is 7.57. The van der Waals surface area contributed by atoms with E-state index < -0.39 is 0 Å². The van der Waals surface area contributed by atoms with Gasteiger partial charge >= 0.3 is 0 Å². The predicted molar refractivity (Wildman–Crippen MR) is 76.9 cm³/mol. The Kier molecular flexibility index (Phi) is 3.85. The Bertz CT molecular complexity index is 580. The Balaban J connectivity index is 2.19. The first-order chi connectivity index (χ1) is 8.61. The van der Waals surface area contributed by atoms with Gasteiger partial charge in [0.25, 0.3) is 5.91 Å². The molecule has 0 saturated carbocycles. The number of amides is 1. The summed E-state index contributed by atoms with van der Waals surface area (Å²) in [6.07, 6.45) is 0. The SMILES string of the molecule is COc1cc(C(=O)Nc2ccccc2I)nn1C. The fourth-order valence-electron chi connectivity index (χ4n) is 1.50. The number of carbonyl (C=O) groups excluding carboxylic acids is 1. The van der Waals surface area contributed by atoms with Gasteiger partial charge in [-0.25, -0.2) is 4.68 Å². The minimum Gasteiger partial charge on any atom is -0.481 e. The molecule has 0 atom stereocenters. The molecule has 1 amide bonds. The van der Waals surface area contributed by atoms with Crippen molar-refractivity contribution in [2.75, 3.05) is 12.4 Å². The van der Waals surface area contributed by atoms with E-state index in [1.807, 2.05) is 24.3 Å². The van der Waals surface area contributed by atoms with Crippen LogP contribution in [0.15, 0.2) is 30.3 Å². The molecule has 1 N–H and O–H groups in total. The fraction of sp³-hybridized carbons (Fsp3) is 0.167. The van der Waals surface area contributed by atoms with E-state index in [0.29, 0.717) is 11.6 Å². The summed E-state index contributed by atoms with van der Waals surface area (Å²) in [7, 11) is 3.26. The van der Waals surface area contributed by atoms with Gasteiger partial charge in [0.15, 0.2) is 5.69 Å². The van der Waals surface area contributed by atoms with E-state index in [9.17, 15) is 4.79 Å². The van der Waals surface area contributed by atoms with E-state index in [4.69, 9.17) is 4.74 Å². The number of nitrogens with one attached hydrogen (secondary N) is 1. The molecule has 1 aromatic heterocycles. The van der Waals surface area contributed by atoms with Crippen molar-refractivity contribution in [1.82, 2.24) is 9.78 Å². The monoisotopic (exact) mass is 357 g/mol. The smallest absolute Gasteiger partial charge is 0.276 e. The number of methoxy groups -OCH3 is 1. The van der Waals surface area contributed by atoms with Crippen molar-refractivity contribution in [1.29, 1.82) is 0 Å². The molecule has 0 aliphatic carbocycles. The summed E-state index contributed by atoms with van der Waals surface area (Å²) in [6.45, 7) is 0. The Morgan fingerprint density at radius 3 is 2.78 bits per heavy atom. The zero-order chi connectivity index (χ0) is 13.1. The first-order valence-electron chi connectivity index (χ1n) is 5.25. The van der Waals surface area contributed by atoms with Crippen LogP contribution in [0, 0.1) is 3.57 Å². The number of hydrogen-bond donors (Lipinski definition) is 1. The van der Waals surface area contributed by atoms with Crippen LogP contribution in [0.2, 0.25) is 0 Å². The first kappa shape index (κ1) is 12.9. The molecule has 0 unspecified atom stereocenters. The second-order valence-corrected chi connectivity index (χ2v) is 4.79. The maximum absolute atomic E-state index is 12.0. The molecule has 0 saturated heterocycles. The Labute approximate surface area is 118 Å². The number of ether oxygens (including phenoxy) is 1. The van der Waals surface area contributed by atoms with Gasteiger partial charge in [-0.15, -0.1) is 0 Å². The third kappa shape index (κ3) is 2.63. The number of aryl methyl sites for hydroxylation is 1. The lowest BCUT2D eigenvalue weighted by atomic mass is 10.3. The van der Waals surface area contributed by atoms with Crippen LogP contribution in [0.25, 0.3) is 0 Å². The van der Waals surface area contributed by atoms with E-state index >= 15 is 0 Å². The average molecular weight is 357 g/mol. The number of aromatic nitrogens is 2. The second-order valence-electron chi connectivity index (χ2n) is 3.63. The van der Waals surface area contributed by atoms with Crippen molar-refractivity contribution in [3.8, 4) is 5.88 Å². The van der Waals surface area contributed by atoms with Gasteiger partial charge in [-0.05, 0) is 34.7 Å². The lowest BCUT2D eigenvalue weighted by Crippen LogP contribution is -2.13. The quantitative estimate of drug-likeness (QED) is 0.858. The summed E-state index contributed by atoms with van der Waals surface area (Å²) in [4.78, 5) is 12.0. The van der Waals surface area contributed by atoms with Crippen LogP contribution < -0.4 is 10.1 Å². The van der Waals surface area contributed by atoms with Gasteiger partial charge in [0.1, 0.15) is 0 Å². The van der Waals surface area contributed by atoms with Crippen molar-refractivity contribution in [2.24, 2.45) is 7.05 Å². The highest BCUT2D eigenvalue weighted by molar-refractivity contribution is 14.1. The highest BCUT2D eigenvalue weighted by atomic mass is 127. The molecule has 1 heterocycles. The summed E-state index contributed by atoms with van der Waals surface area (Å²) in [6, 6.07) is 9.16. The van der Waals surface area contributed by atoms with Crippen molar-refractivity contribution >= 4 is 34.2 Å². The zero-order valence-electron chi connectivity index (χ0n) is 9.98. The van der Waals surface area contributed by atoms with Gasteiger partial charge in [-0.1, -0.05) is 12.1 Å². The molecule has 0 fully saturated rings. The van der Waals surface area contributed by atoms with Crippen LogP contribution in [0.3, 0.4) is 0 Å². The maximum atomic E-state index is 12.0. The molecule has 5 nitrogen and oxygen atoms in total. The summed E-state index contributed by atoms with van der Waals surface area (Å²) in [5.41, 5.74) is 1.10. The van der Waals surface area contributed by atoms with E-state index in [-0.39, 0.29) is 5.91 Å². The van der Waals surface area contributed by atoms with Crippen LogP contribution in [0.1, 0.15) is 10.5 Å². The van der Waals surface area contributed by atoms with E-state index in [1.165, 1.54) is 4.68 Å². The van der Waals surface area contributed by atoms with Crippen molar-refractivity contribution in [2.45, 2.75) is 0 Å². The lowest BCUT2D eigenvalue weighted by Gasteiger charge is -2.04. The van der Waals surface area contributed by atoms with Crippen LogP contribution in [0.5, 0.6) is 5.88 Å². The highest BCUT2D eigenvalue weighted by Crippen LogP contribution is 2.18. The molecule has 0 aliphatic rings. The second kappa shape index (κ2) is 5.38. The van der Waals surface area contributed by atoms with Gasteiger partial charge in [-0.2, -0.15) is 5.10 Å². The molecule has 1 aromatic carbocycles. The Hall–Kier alpha value is -1.57. The first-order valence-corrected chi connectivity index (χ1v) is 6.33. The lowest BCUT2D eigenvalue weighted by molar-refractivity contribution is 0.102. The number of hydrogen-bond acceptors (Lipinski definition) is 3. The summed E-state index contributed by atoms with van der Waals surface area (Å²) >= 11 is 2.17. The molecule has 0 bridgehead atoms. The molecule has 6 heteroatoms. The molecule has 18 heavy (non-hydrogen) atoms. The van der Waals surface area contributed by atoms with Gasteiger partial charge in [0, 0.05) is 16.7 Å². The molecule has 0 radical (unpaired) electrons. The Morgan fingerprint density at radius 2 is 2.17 bits per heavy atom. The number of para-hydroxylation sites is 1. The van der Waals surface area contributed by atoms with Crippen LogP contribution in [0.4, 0.5) is 5.69 Å². The number of carbonyl (C=O) groups is 1. The standard InChI is InChI=1S/C12H12IN3O2/c1-16-11(18-2)7-10(15-16)12(17)14-9-6-4-3-5-8(9)13/h3-7H,1-2H3,(H,14,17). The van der Waals surface area contributed by atoms with Crippen molar-refractivity contribution in [3.05, 3.63) is 39.6 Å². The molecular formula is C12H12IN3O2. The molecular weight excluding hydrogens is 345 g/mol. The van der Waals surface area contributed by atoms with Crippen LogP contribution in [-0.2, 0) is 7.05 Å². The summed E-state index contributed by atoms with van der Waals surface area (Å²) in [5.74, 6) is 0.293. The fourth-order valence-corrected chi connectivity index (χ4v) is 2.02.